The Labute approximate surface area is 172 Å². The number of nitrogens with zero attached hydrogens (tertiary/aromatic N) is 2. The van der Waals surface area contributed by atoms with E-state index >= 15 is 0 Å². The lowest BCUT2D eigenvalue weighted by Gasteiger charge is -2.36. The number of hydrogen-bond acceptors (Lipinski definition) is 6. The third-order valence-electron chi connectivity index (χ3n) is 5.16. The van der Waals surface area contributed by atoms with Crippen LogP contribution >= 0.6 is 24.0 Å². The second kappa shape index (κ2) is 8.13. The van der Waals surface area contributed by atoms with Gasteiger partial charge >= 0.3 is 5.63 Å². The number of amides is 1. The van der Waals surface area contributed by atoms with Gasteiger partial charge in [0.15, 0.2) is 0 Å². The van der Waals surface area contributed by atoms with Gasteiger partial charge in [0.25, 0.3) is 0 Å². The number of fused-ring (bicyclic) bond motifs is 1. The molecule has 1 aromatic carbocycles. The summed E-state index contributed by atoms with van der Waals surface area (Å²) < 4.78 is 11.3. The van der Waals surface area contributed by atoms with Gasteiger partial charge in [-0.15, -0.1) is 0 Å². The van der Waals surface area contributed by atoms with Gasteiger partial charge in [-0.2, -0.15) is 0 Å². The lowest BCUT2D eigenvalue weighted by atomic mass is 10.1. The smallest absolute Gasteiger partial charge is 0.336 e. The van der Waals surface area contributed by atoms with E-state index < -0.39 is 0 Å². The average Bonchev–Trinajstić information content (AvgIpc) is 3.56. The van der Waals surface area contributed by atoms with Crippen molar-refractivity contribution < 1.29 is 13.9 Å². The van der Waals surface area contributed by atoms with Crippen LogP contribution in [0.5, 0.6) is 5.75 Å². The summed E-state index contributed by atoms with van der Waals surface area (Å²) in [6.45, 7) is 2.99. The summed E-state index contributed by atoms with van der Waals surface area (Å²) in [5, 5.41) is 0.885. The summed E-state index contributed by atoms with van der Waals surface area (Å²) in [4.78, 5) is 28.2. The quantitative estimate of drug-likeness (QED) is 0.559. The fourth-order valence-electron chi connectivity index (χ4n) is 3.39. The molecule has 1 saturated heterocycles. The van der Waals surface area contributed by atoms with E-state index in [-0.39, 0.29) is 11.5 Å². The van der Waals surface area contributed by atoms with E-state index in [0.29, 0.717) is 23.0 Å². The Kier molecular flexibility index (Phi) is 5.59. The van der Waals surface area contributed by atoms with Gasteiger partial charge < -0.3 is 19.0 Å². The molecule has 1 amide bonds. The van der Waals surface area contributed by atoms with E-state index in [9.17, 15) is 9.59 Å². The van der Waals surface area contributed by atoms with Crippen molar-refractivity contribution in [3.05, 3.63) is 40.2 Å². The summed E-state index contributed by atoms with van der Waals surface area (Å²) >= 11 is 7.14. The Hall–Kier alpha value is -2.06. The first-order chi connectivity index (χ1) is 13.5. The highest BCUT2D eigenvalue weighted by atomic mass is 32.2. The minimum atomic E-state index is -0.380. The number of ether oxygens (including phenoxy) is 1. The summed E-state index contributed by atoms with van der Waals surface area (Å²) in [7, 11) is 1.58. The molecule has 0 spiro atoms. The summed E-state index contributed by atoms with van der Waals surface area (Å²) in [5.74, 6) is 1.81. The van der Waals surface area contributed by atoms with Gasteiger partial charge in [-0.05, 0) is 30.5 Å². The molecule has 0 radical (unpaired) electrons. The van der Waals surface area contributed by atoms with E-state index in [4.69, 9.17) is 21.4 Å². The fraction of sp³-hybridized carbons (Fsp3) is 0.450. The van der Waals surface area contributed by atoms with Crippen molar-refractivity contribution in [1.82, 2.24) is 9.80 Å². The van der Waals surface area contributed by atoms with Gasteiger partial charge in [0.05, 0.1) is 7.11 Å². The Morgan fingerprint density at radius 3 is 2.61 bits per heavy atom. The normalized spacial score (nSPS) is 17.0. The SMILES string of the molecule is COc1ccc2c(CSC(=S)N3CCN(C(=O)C4CC4)CC3)cc(=O)oc2c1. The van der Waals surface area contributed by atoms with Crippen LogP contribution in [0.4, 0.5) is 0 Å². The van der Waals surface area contributed by atoms with Crippen molar-refractivity contribution in [3.8, 4) is 5.75 Å². The number of thiocarbonyl (C=S) groups is 1. The van der Waals surface area contributed by atoms with Gasteiger partial charge in [-0.1, -0.05) is 24.0 Å². The molecule has 0 bridgehead atoms. The van der Waals surface area contributed by atoms with Gasteiger partial charge in [-0.25, -0.2) is 4.79 Å². The van der Waals surface area contributed by atoms with E-state index in [1.165, 1.54) is 17.8 Å². The van der Waals surface area contributed by atoms with Crippen LogP contribution in [0.15, 0.2) is 33.5 Å². The maximum Gasteiger partial charge on any atom is 0.336 e. The van der Waals surface area contributed by atoms with E-state index in [2.05, 4.69) is 4.90 Å². The van der Waals surface area contributed by atoms with Gasteiger partial charge in [0, 0.05) is 55.4 Å². The Balaban J connectivity index is 1.38. The zero-order valence-corrected chi connectivity index (χ0v) is 17.3. The van der Waals surface area contributed by atoms with Crippen LogP contribution in [0.1, 0.15) is 18.4 Å². The van der Waals surface area contributed by atoms with Crippen molar-refractivity contribution in [2.24, 2.45) is 5.92 Å². The van der Waals surface area contributed by atoms with Crippen molar-refractivity contribution >= 4 is 45.2 Å². The molecule has 1 aliphatic heterocycles. The molecular weight excluding hydrogens is 396 g/mol. The van der Waals surface area contributed by atoms with Crippen molar-refractivity contribution in [1.29, 1.82) is 0 Å². The topological polar surface area (TPSA) is 63.0 Å². The Morgan fingerprint density at radius 1 is 1.21 bits per heavy atom. The number of carbonyl (C=O) groups excluding carboxylic acids is 1. The molecule has 0 atom stereocenters. The van der Waals surface area contributed by atoms with Crippen LogP contribution in [0, 0.1) is 5.92 Å². The standard InChI is InChI=1S/C20H22N2O4S2/c1-25-15-4-5-16-14(10-18(23)26-17(16)11-15)12-28-20(27)22-8-6-21(7-9-22)19(24)13-2-3-13/h4-5,10-11,13H,2-3,6-9,12H2,1H3. The Morgan fingerprint density at radius 2 is 1.93 bits per heavy atom. The minimum Gasteiger partial charge on any atom is -0.497 e. The number of thioether (sulfide) groups is 1. The molecule has 148 valence electrons. The lowest BCUT2D eigenvalue weighted by molar-refractivity contribution is -0.133. The van der Waals surface area contributed by atoms with Crippen LogP contribution in [0.2, 0.25) is 0 Å². The molecule has 1 aliphatic carbocycles. The molecule has 2 aliphatic rings. The van der Waals surface area contributed by atoms with Crippen LogP contribution < -0.4 is 10.4 Å². The third-order valence-corrected chi connectivity index (χ3v) is 6.74. The number of methoxy groups -OCH3 is 1. The van der Waals surface area contributed by atoms with E-state index in [1.54, 1.807) is 13.2 Å². The van der Waals surface area contributed by atoms with Crippen LogP contribution in [-0.4, -0.2) is 53.3 Å². The zero-order chi connectivity index (χ0) is 19.7. The molecule has 1 saturated carbocycles. The highest BCUT2D eigenvalue weighted by Crippen LogP contribution is 2.31. The fourth-order valence-corrected chi connectivity index (χ4v) is 4.63. The highest BCUT2D eigenvalue weighted by molar-refractivity contribution is 8.22. The van der Waals surface area contributed by atoms with Gasteiger partial charge in [0.2, 0.25) is 5.91 Å². The monoisotopic (exact) mass is 418 g/mol. The predicted octanol–water partition coefficient (Wildman–Crippen LogP) is 2.87. The van der Waals surface area contributed by atoms with Crippen molar-refractivity contribution in [2.45, 2.75) is 18.6 Å². The molecule has 1 aromatic heterocycles. The number of piperazine rings is 1. The van der Waals surface area contributed by atoms with E-state index in [1.807, 2.05) is 17.0 Å². The van der Waals surface area contributed by atoms with Gasteiger partial charge in [0.1, 0.15) is 15.7 Å². The van der Waals surface area contributed by atoms with Crippen LogP contribution in [0.3, 0.4) is 0 Å². The largest absolute Gasteiger partial charge is 0.497 e. The molecule has 6 nitrogen and oxygen atoms in total. The first-order valence-electron chi connectivity index (χ1n) is 9.36. The minimum absolute atomic E-state index is 0.268. The summed E-state index contributed by atoms with van der Waals surface area (Å²) in [6.07, 6.45) is 2.08. The molecular formula is C20H22N2O4S2. The third kappa shape index (κ3) is 4.17. The van der Waals surface area contributed by atoms with Gasteiger partial charge in [-0.3, -0.25) is 4.79 Å². The maximum atomic E-state index is 12.2. The average molecular weight is 419 g/mol. The molecule has 0 N–H and O–H groups in total. The first kappa shape index (κ1) is 19.3. The van der Waals surface area contributed by atoms with Crippen LogP contribution in [-0.2, 0) is 10.5 Å². The molecule has 2 fully saturated rings. The molecule has 2 aromatic rings. The molecule has 8 heteroatoms. The summed E-state index contributed by atoms with van der Waals surface area (Å²) in [5.41, 5.74) is 1.03. The predicted molar refractivity (Wildman–Crippen MR) is 114 cm³/mol. The highest BCUT2D eigenvalue weighted by Gasteiger charge is 2.34. The number of rotatable bonds is 4. The van der Waals surface area contributed by atoms with Crippen LogP contribution in [0.25, 0.3) is 11.0 Å². The van der Waals surface area contributed by atoms with Crippen molar-refractivity contribution in [2.75, 3.05) is 33.3 Å². The van der Waals surface area contributed by atoms with E-state index in [0.717, 1.165) is 54.3 Å². The maximum absolute atomic E-state index is 12.2. The number of carbonyl (C=O) groups is 1. The second-order valence-corrected chi connectivity index (χ2v) is 8.70. The summed E-state index contributed by atoms with van der Waals surface area (Å²) in [6, 6.07) is 7.00. The molecule has 2 heterocycles. The Bertz CT molecular complexity index is 962. The van der Waals surface area contributed by atoms with Crippen molar-refractivity contribution in [3.63, 3.8) is 0 Å². The molecule has 4 rings (SSSR count). The zero-order valence-electron chi connectivity index (χ0n) is 15.7. The second-order valence-electron chi connectivity index (χ2n) is 7.09. The lowest BCUT2D eigenvalue weighted by Crippen LogP contribution is -2.50. The first-order valence-corrected chi connectivity index (χ1v) is 10.8. The number of benzene rings is 1. The number of hydrogen-bond donors (Lipinski definition) is 0. The molecule has 28 heavy (non-hydrogen) atoms. The molecule has 0 unspecified atom stereocenters.